The molecule has 0 aliphatic heterocycles. The van der Waals surface area contributed by atoms with Gasteiger partial charge in [-0.05, 0) is 41.8 Å². The summed E-state index contributed by atoms with van der Waals surface area (Å²) in [6.45, 7) is -0.890. The van der Waals surface area contributed by atoms with E-state index in [1.54, 1.807) is 12.1 Å². The van der Waals surface area contributed by atoms with Gasteiger partial charge in [0, 0.05) is 6.42 Å². The summed E-state index contributed by atoms with van der Waals surface area (Å²) in [4.78, 5) is 47.4. The quantitative estimate of drug-likeness (QED) is 0.223. The largest absolute Gasteiger partial charge is 0.508 e. The first-order valence-electron chi connectivity index (χ1n) is 10.0. The number of benzene rings is 2. The number of phenolic OH excluding ortho intramolecular Hbond substituents is 2. The fourth-order valence-corrected chi connectivity index (χ4v) is 2.83. The van der Waals surface area contributed by atoms with E-state index in [9.17, 15) is 34.5 Å². The Bertz CT molecular complexity index is 977. The predicted octanol–water partition coefficient (Wildman–Crippen LogP) is -0.988. The first kappa shape index (κ1) is 25.1. The zero-order chi connectivity index (χ0) is 24.4. The van der Waals surface area contributed by atoms with Gasteiger partial charge in [0.15, 0.2) is 0 Å². The normalized spacial score (nSPS) is 12.3. The van der Waals surface area contributed by atoms with Gasteiger partial charge in [-0.3, -0.25) is 14.4 Å². The molecule has 11 nitrogen and oxygen atoms in total. The van der Waals surface area contributed by atoms with Crippen LogP contribution in [-0.4, -0.2) is 64.2 Å². The van der Waals surface area contributed by atoms with Crippen LogP contribution >= 0.6 is 0 Å². The molecule has 2 atom stereocenters. The summed E-state index contributed by atoms with van der Waals surface area (Å²) in [6, 6.07) is 9.93. The summed E-state index contributed by atoms with van der Waals surface area (Å²) in [5, 5.41) is 34.8. The molecule has 0 saturated heterocycles. The average Bonchev–Trinajstić information content (AvgIpc) is 2.78. The molecule has 176 valence electrons. The van der Waals surface area contributed by atoms with Crippen LogP contribution in [0.2, 0.25) is 0 Å². The first-order chi connectivity index (χ1) is 15.6. The Balaban J connectivity index is 1.73. The highest BCUT2D eigenvalue weighted by Gasteiger charge is 2.21. The number of hydrogen-bond donors (Lipinski definition) is 7. The van der Waals surface area contributed by atoms with Crippen molar-refractivity contribution in [2.45, 2.75) is 24.9 Å². The van der Waals surface area contributed by atoms with Gasteiger partial charge in [-0.25, -0.2) is 4.79 Å². The van der Waals surface area contributed by atoms with Crippen LogP contribution in [0, 0.1) is 0 Å². The minimum absolute atomic E-state index is 0.00965. The smallest absolute Gasteiger partial charge is 0.326 e. The van der Waals surface area contributed by atoms with Crippen molar-refractivity contribution in [3.8, 4) is 11.5 Å². The van der Waals surface area contributed by atoms with Gasteiger partial charge in [0.05, 0.1) is 19.1 Å². The zero-order valence-electron chi connectivity index (χ0n) is 17.7. The van der Waals surface area contributed by atoms with E-state index in [4.69, 9.17) is 5.73 Å². The van der Waals surface area contributed by atoms with Gasteiger partial charge in [0.1, 0.15) is 17.5 Å². The molecule has 8 N–H and O–H groups in total. The molecule has 0 saturated carbocycles. The molecular formula is C22H26N4O7. The molecule has 0 fully saturated rings. The number of carboxylic acid groups (broad SMARTS) is 1. The maximum Gasteiger partial charge on any atom is 0.326 e. The second-order valence-corrected chi connectivity index (χ2v) is 7.30. The number of aliphatic carboxylic acids is 1. The third-order valence-electron chi connectivity index (χ3n) is 4.61. The number of amides is 3. The van der Waals surface area contributed by atoms with E-state index in [-0.39, 0.29) is 24.3 Å². The number of nitrogens with two attached hydrogens (primary N) is 1. The number of rotatable bonds is 11. The number of carbonyl (C=O) groups excluding carboxylic acids is 3. The van der Waals surface area contributed by atoms with E-state index in [1.165, 1.54) is 36.4 Å². The second kappa shape index (κ2) is 12.1. The molecule has 0 aromatic heterocycles. The van der Waals surface area contributed by atoms with Gasteiger partial charge < -0.3 is 37.0 Å². The van der Waals surface area contributed by atoms with Crippen LogP contribution in [0.1, 0.15) is 11.1 Å². The summed E-state index contributed by atoms with van der Waals surface area (Å²) < 4.78 is 0. The Hall–Kier alpha value is -4.12. The molecule has 0 bridgehead atoms. The lowest BCUT2D eigenvalue weighted by Crippen LogP contribution is -2.49. The van der Waals surface area contributed by atoms with Crippen LogP contribution in [0.4, 0.5) is 0 Å². The third kappa shape index (κ3) is 8.87. The van der Waals surface area contributed by atoms with Gasteiger partial charge in [-0.2, -0.15) is 0 Å². The number of hydrogen-bond acceptors (Lipinski definition) is 7. The first-order valence-corrected chi connectivity index (χ1v) is 10.0. The molecule has 0 aliphatic carbocycles. The van der Waals surface area contributed by atoms with Gasteiger partial charge >= 0.3 is 5.97 Å². The third-order valence-corrected chi connectivity index (χ3v) is 4.61. The van der Waals surface area contributed by atoms with Crippen molar-refractivity contribution in [3.05, 3.63) is 59.7 Å². The summed E-state index contributed by atoms with van der Waals surface area (Å²) in [6.07, 6.45) is 0.192. The van der Waals surface area contributed by atoms with Gasteiger partial charge in [-0.15, -0.1) is 0 Å². The molecule has 3 amide bonds. The van der Waals surface area contributed by atoms with Crippen molar-refractivity contribution in [2.24, 2.45) is 5.73 Å². The zero-order valence-corrected chi connectivity index (χ0v) is 17.7. The predicted molar refractivity (Wildman–Crippen MR) is 117 cm³/mol. The monoisotopic (exact) mass is 458 g/mol. The summed E-state index contributed by atoms with van der Waals surface area (Å²) >= 11 is 0. The van der Waals surface area contributed by atoms with E-state index >= 15 is 0 Å². The van der Waals surface area contributed by atoms with Gasteiger partial charge in [0.25, 0.3) is 0 Å². The topological polar surface area (TPSA) is 191 Å². The van der Waals surface area contributed by atoms with Crippen molar-refractivity contribution in [2.75, 3.05) is 13.1 Å². The lowest BCUT2D eigenvalue weighted by Gasteiger charge is -2.15. The Morgan fingerprint density at radius 3 is 1.76 bits per heavy atom. The Morgan fingerprint density at radius 1 is 0.758 bits per heavy atom. The van der Waals surface area contributed by atoms with Crippen LogP contribution < -0.4 is 21.7 Å². The van der Waals surface area contributed by atoms with Crippen LogP contribution in [0.25, 0.3) is 0 Å². The van der Waals surface area contributed by atoms with Crippen LogP contribution in [0.5, 0.6) is 11.5 Å². The summed E-state index contributed by atoms with van der Waals surface area (Å²) in [5.74, 6) is -3.07. The highest BCUT2D eigenvalue weighted by molar-refractivity contribution is 5.90. The minimum Gasteiger partial charge on any atom is -0.508 e. The lowest BCUT2D eigenvalue weighted by atomic mass is 10.1. The summed E-state index contributed by atoms with van der Waals surface area (Å²) in [7, 11) is 0. The van der Waals surface area contributed by atoms with Crippen molar-refractivity contribution in [1.29, 1.82) is 0 Å². The highest BCUT2D eigenvalue weighted by atomic mass is 16.4. The number of carbonyl (C=O) groups is 4. The van der Waals surface area contributed by atoms with E-state index in [1.807, 2.05) is 0 Å². The Morgan fingerprint density at radius 2 is 1.24 bits per heavy atom. The molecular weight excluding hydrogens is 432 g/mol. The van der Waals surface area contributed by atoms with Crippen molar-refractivity contribution in [1.82, 2.24) is 16.0 Å². The maximum atomic E-state index is 12.0. The Kier molecular flexibility index (Phi) is 9.18. The molecule has 2 aromatic carbocycles. The van der Waals surface area contributed by atoms with Crippen LogP contribution in [0.3, 0.4) is 0 Å². The molecule has 33 heavy (non-hydrogen) atoms. The van der Waals surface area contributed by atoms with E-state index < -0.39 is 48.9 Å². The molecule has 11 heteroatoms. The highest BCUT2D eigenvalue weighted by Crippen LogP contribution is 2.12. The second-order valence-electron chi connectivity index (χ2n) is 7.30. The molecule has 2 rings (SSSR count). The van der Waals surface area contributed by atoms with Crippen molar-refractivity contribution >= 4 is 23.7 Å². The number of nitrogens with one attached hydrogen (secondary N) is 3. The molecule has 2 aromatic rings. The molecule has 0 radical (unpaired) electrons. The van der Waals surface area contributed by atoms with Gasteiger partial charge in [-0.1, -0.05) is 24.3 Å². The SMILES string of the molecule is N[C@@H](Cc1ccc(O)cc1)C(=O)NCC(=O)NCC(=O)N[C@@H](Cc1ccc(O)cc1)C(=O)O. The lowest BCUT2D eigenvalue weighted by molar-refractivity contribution is -0.141. The molecule has 0 aliphatic rings. The Labute approximate surface area is 189 Å². The van der Waals surface area contributed by atoms with Gasteiger partial charge in [0.2, 0.25) is 17.7 Å². The summed E-state index contributed by atoms with van der Waals surface area (Å²) in [5.41, 5.74) is 7.14. The fraction of sp³-hybridized carbons (Fsp3) is 0.273. The molecule has 0 spiro atoms. The number of aromatic hydroxyl groups is 2. The van der Waals surface area contributed by atoms with Crippen molar-refractivity contribution in [3.63, 3.8) is 0 Å². The van der Waals surface area contributed by atoms with Crippen LogP contribution in [0.15, 0.2) is 48.5 Å². The average molecular weight is 458 g/mol. The number of carboxylic acids is 1. The van der Waals surface area contributed by atoms with E-state index in [0.29, 0.717) is 5.56 Å². The maximum absolute atomic E-state index is 12.0. The molecule has 0 unspecified atom stereocenters. The van der Waals surface area contributed by atoms with Crippen molar-refractivity contribution < 1.29 is 34.5 Å². The molecule has 0 heterocycles. The number of phenols is 2. The standard InChI is InChI=1S/C22H26N4O7/c23-17(9-13-1-5-15(27)6-2-13)21(31)25-11-19(29)24-12-20(30)26-18(22(32)33)10-14-3-7-16(28)8-4-14/h1-8,17-18,27-28H,9-12,23H2,(H,24,29)(H,25,31)(H,26,30)(H,32,33)/t17-,18-/m0/s1. The minimum atomic E-state index is -1.25. The van der Waals surface area contributed by atoms with E-state index in [0.717, 1.165) is 5.56 Å². The van der Waals surface area contributed by atoms with E-state index in [2.05, 4.69) is 16.0 Å². The van der Waals surface area contributed by atoms with Crippen LogP contribution in [-0.2, 0) is 32.0 Å². The fourth-order valence-electron chi connectivity index (χ4n) is 2.83.